The first kappa shape index (κ1) is 25.4. The summed E-state index contributed by atoms with van der Waals surface area (Å²) in [7, 11) is 1.19. The third-order valence-electron chi connectivity index (χ3n) is 3.66. The topological polar surface area (TPSA) is 138 Å². The number of carbonyl (C=O) groups is 1. The van der Waals surface area contributed by atoms with Gasteiger partial charge in [-0.15, -0.1) is 0 Å². The number of rotatable bonds is 4. The van der Waals surface area contributed by atoms with E-state index in [1.165, 1.54) is 43.8 Å². The summed E-state index contributed by atoms with van der Waals surface area (Å²) in [5.74, 6) is -1.39. The molecule has 0 unspecified atom stereocenters. The maximum absolute atomic E-state index is 13.9. The Hall–Kier alpha value is -2.84. The minimum Gasteiger partial charge on any atom is -0.465 e. The second-order valence-corrected chi connectivity index (χ2v) is 8.27. The zero-order valence-corrected chi connectivity index (χ0v) is 20.5. The van der Waals surface area contributed by atoms with Gasteiger partial charge in [-0.25, -0.2) is 19.2 Å². The van der Waals surface area contributed by atoms with E-state index in [0.29, 0.717) is 8.95 Å². The molecular formula is C18H10Br3FN4O6. The largest absolute Gasteiger partial charge is 0.465 e. The number of nitrogens with zero attached hydrogens (tertiary/aromatic N) is 4. The third-order valence-corrected chi connectivity index (χ3v) is 5.14. The predicted octanol–water partition coefficient (Wildman–Crippen LogP) is 5.86. The van der Waals surface area contributed by atoms with Crippen LogP contribution in [0.4, 0.5) is 15.8 Å². The van der Waals surface area contributed by atoms with Crippen molar-refractivity contribution in [2.24, 2.45) is 0 Å². The second kappa shape index (κ2) is 11.2. The van der Waals surface area contributed by atoms with Gasteiger partial charge in [-0.3, -0.25) is 20.2 Å². The van der Waals surface area contributed by atoms with Crippen molar-refractivity contribution in [3.05, 3.63) is 87.9 Å². The molecule has 2 aromatic heterocycles. The molecule has 10 nitrogen and oxygen atoms in total. The van der Waals surface area contributed by atoms with Crippen molar-refractivity contribution in [1.82, 2.24) is 9.97 Å². The molecule has 0 fully saturated rings. The van der Waals surface area contributed by atoms with Crippen molar-refractivity contribution >= 4 is 65.1 Å². The van der Waals surface area contributed by atoms with Crippen LogP contribution >= 0.6 is 47.8 Å². The molecule has 166 valence electrons. The fourth-order valence-electron chi connectivity index (χ4n) is 2.27. The Morgan fingerprint density at radius 2 is 1.53 bits per heavy atom. The molecule has 3 rings (SSSR count). The summed E-state index contributed by atoms with van der Waals surface area (Å²) >= 11 is 9.10. The molecule has 0 saturated carbocycles. The minimum absolute atomic E-state index is 0.0422. The van der Waals surface area contributed by atoms with Gasteiger partial charge in [0.1, 0.15) is 5.82 Å². The maximum atomic E-state index is 13.9. The lowest BCUT2D eigenvalue weighted by Gasteiger charge is -2.06. The molecule has 0 radical (unpaired) electrons. The van der Waals surface area contributed by atoms with E-state index in [0.717, 1.165) is 6.07 Å². The fourth-order valence-corrected chi connectivity index (χ4v) is 3.27. The Morgan fingerprint density at radius 1 is 0.969 bits per heavy atom. The number of halogens is 4. The normalized spacial score (nSPS) is 10.0. The van der Waals surface area contributed by atoms with Crippen molar-refractivity contribution in [3.63, 3.8) is 0 Å². The van der Waals surface area contributed by atoms with E-state index in [1.54, 1.807) is 0 Å². The molecule has 0 spiro atoms. The van der Waals surface area contributed by atoms with Crippen molar-refractivity contribution in [2.75, 3.05) is 7.11 Å². The van der Waals surface area contributed by atoms with E-state index in [4.69, 9.17) is 0 Å². The smallest absolute Gasteiger partial charge is 0.337 e. The van der Waals surface area contributed by atoms with E-state index < -0.39 is 21.6 Å². The standard InChI is InChI=1S/C13H8BrFN2O4.C5H2Br2N2O2/c1-21-13(18)7-2-3-10(15)9(4-7)12-11(17(19)20)5-8(14)6-16-12;6-3-1-4(9(10)11)5(7)8-2-3/h2-6H,1H3;1-2H. The van der Waals surface area contributed by atoms with Crippen molar-refractivity contribution in [1.29, 1.82) is 0 Å². The highest BCUT2D eigenvalue weighted by Gasteiger charge is 2.22. The molecule has 0 amide bonds. The molecule has 0 N–H and O–H groups in total. The van der Waals surface area contributed by atoms with Crippen LogP contribution in [0.15, 0.2) is 56.3 Å². The van der Waals surface area contributed by atoms with Crippen LogP contribution < -0.4 is 0 Å². The summed E-state index contributed by atoms with van der Waals surface area (Å²) in [5, 5.41) is 21.4. The van der Waals surface area contributed by atoms with E-state index >= 15 is 0 Å². The molecule has 1 aromatic carbocycles. The van der Waals surface area contributed by atoms with Crippen LogP contribution in [0, 0.1) is 26.0 Å². The molecule has 2 heterocycles. The summed E-state index contributed by atoms with van der Waals surface area (Å²) in [5.41, 5.74) is -0.638. The number of hydrogen-bond acceptors (Lipinski definition) is 8. The summed E-state index contributed by atoms with van der Waals surface area (Å²) in [6.07, 6.45) is 2.80. The number of benzene rings is 1. The monoisotopic (exact) mass is 634 g/mol. The summed E-state index contributed by atoms with van der Waals surface area (Å²) in [6.45, 7) is 0. The number of ether oxygens (including phenoxy) is 1. The van der Waals surface area contributed by atoms with Crippen LogP contribution in [0.5, 0.6) is 0 Å². The van der Waals surface area contributed by atoms with Gasteiger partial charge in [-0.2, -0.15) is 0 Å². The van der Waals surface area contributed by atoms with E-state index in [-0.39, 0.29) is 32.8 Å². The number of esters is 1. The molecule has 32 heavy (non-hydrogen) atoms. The van der Waals surface area contributed by atoms with Crippen molar-refractivity contribution in [2.45, 2.75) is 0 Å². The number of methoxy groups -OCH3 is 1. The maximum Gasteiger partial charge on any atom is 0.337 e. The molecule has 0 saturated heterocycles. The predicted molar refractivity (Wildman–Crippen MR) is 122 cm³/mol. The van der Waals surface area contributed by atoms with E-state index in [2.05, 4.69) is 62.5 Å². The molecule has 0 bridgehead atoms. The number of pyridine rings is 2. The Bertz CT molecular complexity index is 1210. The minimum atomic E-state index is -0.722. The number of carbonyl (C=O) groups excluding carboxylic acids is 1. The Kier molecular flexibility index (Phi) is 8.86. The molecule has 0 aliphatic heterocycles. The fraction of sp³-hybridized carbons (Fsp3) is 0.0556. The summed E-state index contributed by atoms with van der Waals surface area (Å²) in [4.78, 5) is 39.3. The molecular weight excluding hydrogens is 627 g/mol. The van der Waals surface area contributed by atoms with Gasteiger partial charge in [0, 0.05) is 39.0 Å². The van der Waals surface area contributed by atoms with Gasteiger partial charge in [0.05, 0.1) is 22.5 Å². The van der Waals surface area contributed by atoms with Crippen LogP contribution in [0.2, 0.25) is 0 Å². The van der Waals surface area contributed by atoms with Gasteiger partial charge in [0.2, 0.25) is 0 Å². The van der Waals surface area contributed by atoms with E-state index in [1.807, 2.05) is 0 Å². The SMILES string of the molecule is COC(=O)c1ccc(F)c(-c2ncc(Br)cc2[N+](=O)[O-])c1.O=[N+]([O-])c1cc(Br)cnc1Br. The first-order valence-corrected chi connectivity index (χ1v) is 10.6. The highest BCUT2D eigenvalue weighted by molar-refractivity contribution is 9.11. The van der Waals surface area contributed by atoms with E-state index in [9.17, 15) is 29.4 Å². The summed E-state index contributed by atoms with van der Waals surface area (Å²) in [6, 6.07) is 6.04. The van der Waals surface area contributed by atoms with Gasteiger partial charge in [-0.05, 0) is 66.0 Å². The van der Waals surface area contributed by atoms with Gasteiger partial charge in [0.15, 0.2) is 10.3 Å². The highest BCUT2D eigenvalue weighted by Crippen LogP contribution is 2.32. The summed E-state index contributed by atoms with van der Waals surface area (Å²) < 4.78 is 19.7. The molecule has 0 atom stereocenters. The van der Waals surface area contributed by atoms with Gasteiger partial charge in [0.25, 0.3) is 5.69 Å². The average molecular weight is 637 g/mol. The Balaban J connectivity index is 0.000000278. The third kappa shape index (κ3) is 6.34. The molecule has 0 aliphatic carbocycles. The zero-order valence-electron chi connectivity index (χ0n) is 15.8. The molecule has 14 heteroatoms. The average Bonchev–Trinajstić information content (AvgIpc) is 2.75. The highest BCUT2D eigenvalue weighted by atomic mass is 79.9. The van der Waals surface area contributed by atoms with Crippen molar-refractivity contribution < 1.29 is 23.8 Å². The Morgan fingerprint density at radius 3 is 2.06 bits per heavy atom. The van der Waals surface area contributed by atoms with Gasteiger partial charge >= 0.3 is 11.7 Å². The number of aromatic nitrogens is 2. The number of hydrogen-bond donors (Lipinski definition) is 0. The first-order chi connectivity index (χ1) is 15.0. The van der Waals surface area contributed by atoms with Crippen LogP contribution in [0.25, 0.3) is 11.3 Å². The van der Waals surface area contributed by atoms with Crippen molar-refractivity contribution in [3.8, 4) is 11.3 Å². The quantitative estimate of drug-likeness (QED) is 0.150. The lowest BCUT2D eigenvalue weighted by molar-refractivity contribution is -0.386. The van der Waals surface area contributed by atoms with Crippen LogP contribution in [0.3, 0.4) is 0 Å². The van der Waals surface area contributed by atoms with Gasteiger partial charge in [-0.1, -0.05) is 0 Å². The van der Waals surface area contributed by atoms with Gasteiger partial charge < -0.3 is 4.74 Å². The van der Waals surface area contributed by atoms with Crippen LogP contribution in [-0.2, 0) is 4.74 Å². The Labute approximate surface area is 204 Å². The van der Waals surface area contributed by atoms with Crippen LogP contribution in [-0.4, -0.2) is 32.9 Å². The number of nitro groups is 2. The lowest BCUT2D eigenvalue weighted by atomic mass is 10.1. The zero-order chi connectivity index (χ0) is 24.0. The second-order valence-electron chi connectivity index (χ2n) is 5.69. The molecule has 3 aromatic rings. The first-order valence-electron chi connectivity index (χ1n) is 8.18. The lowest BCUT2D eigenvalue weighted by Crippen LogP contribution is -2.03. The van der Waals surface area contributed by atoms with Crippen LogP contribution in [0.1, 0.15) is 10.4 Å². The molecule has 0 aliphatic rings.